The Hall–Kier alpha value is -1.35. The molecule has 0 fully saturated rings. The standard InChI is InChI=1S/C15H24N2O/c1-5-16-12(3)10-15(18)17-13(4)14-8-6-11(2)7-9-14/h6-9,12-13,16H,5,10H2,1-4H3,(H,17,18). The molecule has 100 valence electrons. The summed E-state index contributed by atoms with van der Waals surface area (Å²) in [4.78, 5) is 11.8. The third-order valence-corrected chi connectivity index (χ3v) is 3.00. The zero-order chi connectivity index (χ0) is 13.5. The lowest BCUT2D eigenvalue weighted by molar-refractivity contribution is -0.122. The van der Waals surface area contributed by atoms with Crippen LogP contribution in [-0.4, -0.2) is 18.5 Å². The molecule has 0 saturated carbocycles. The van der Waals surface area contributed by atoms with Crippen LogP contribution in [0.25, 0.3) is 0 Å². The summed E-state index contributed by atoms with van der Waals surface area (Å²) >= 11 is 0. The SMILES string of the molecule is CCNC(C)CC(=O)NC(C)c1ccc(C)cc1. The van der Waals surface area contributed by atoms with Crippen molar-refractivity contribution in [3.63, 3.8) is 0 Å². The first-order chi connectivity index (χ1) is 8.52. The van der Waals surface area contributed by atoms with Crippen LogP contribution in [0.1, 0.15) is 44.4 Å². The molecule has 0 heterocycles. The van der Waals surface area contributed by atoms with Gasteiger partial charge in [-0.25, -0.2) is 0 Å². The van der Waals surface area contributed by atoms with E-state index in [1.807, 2.05) is 20.8 Å². The van der Waals surface area contributed by atoms with Crippen LogP contribution < -0.4 is 10.6 Å². The Morgan fingerprint density at radius 2 is 1.83 bits per heavy atom. The van der Waals surface area contributed by atoms with Crippen LogP contribution in [0.15, 0.2) is 24.3 Å². The third-order valence-electron chi connectivity index (χ3n) is 3.00. The predicted molar refractivity (Wildman–Crippen MR) is 75.5 cm³/mol. The maximum Gasteiger partial charge on any atom is 0.222 e. The van der Waals surface area contributed by atoms with E-state index in [1.54, 1.807) is 0 Å². The molecule has 2 N–H and O–H groups in total. The zero-order valence-electron chi connectivity index (χ0n) is 11.8. The van der Waals surface area contributed by atoms with E-state index in [0.29, 0.717) is 6.42 Å². The molecule has 0 aliphatic carbocycles. The van der Waals surface area contributed by atoms with Gasteiger partial charge in [0.05, 0.1) is 6.04 Å². The highest BCUT2D eigenvalue weighted by Gasteiger charge is 2.11. The molecule has 1 aromatic rings. The number of hydrogen-bond acceptors (Lipinski definition) is 2. The maximum atomic E-state index is 11.8. The quantitative estimate of drug-likeness (QED) is 0.812. The van der Waals surface area contributed by atoms with Crippen LogP contribution >= 0.6 is 0 Å². The van der Waals surface area contributed by atoms with Gasteiger partial charge in [-0.3, -0.25) is 4.79 Å². The number of amides is 1. The minimum absolute atomic E-state index is 0.0620. The Bertz CT molecular complexity index is 373. The largest absolute Gasteiger partial charge is 0.350 e. The first kappa shape index (κ1) is 14.7. The molecular formula is C15H24N2O. The highest BCUT2D eigenvalue weighted by atomic mass is 16.1. The Labute approximate surface area is 110 Å². The molecule has 0 aliphatic heterocycles. The number of aryl methyl sites for hydroxylation is 1. The van der Waals surface area contributed by atoms with Crippen LogP contribution in [0, 0.1) is 6.92 Å². The summed E-state index contributed by atoms with van der Waals surface area (Å²) in [5, 5.41) is 6.26. The van der Waals surface area contributed by atoms with Crippen molar-refractivity contribution in [3.05, 3.63) is 35.4 Å². The molecule has 0 radical (unpaired) electrons. The fourth-order valence-electron chi connectivity index (χ4n) is 1.94. The molecule has 0 saturated heterocycles. The van der Waals surface area contributed by atoms with Gasteiger partial charge in [0.15, 0.2) is 0 Å². The average molecular weight is 248 g/mol. The molecule has 3 heteroatoms. The van der Waals surface area contributed by atoms with Crippen molar-refractivity contribution < 1.29 is 4.79 Å². The van der Waals surface area contributed by atoms with Crippen molar-refractivity contribution in [1.29, 1.82) is 0 Å². The Kier molecular flexibility index (Phi) is 5.86. The van der Waals surface area contributed by atoms with Crippen molar-refractivity contribution in [2.75, 3.05) is 6.54 Å². The van der Waals surface area contributed by atoms with Gasteiger partial charge in [0.1, 0.15) is 0 Å². The number of hydrogen-bond donors (Lipinski definition) is 2. The lowest BCUT2D eigenvalue weighted by Crippen LogP contribution is -2.34. The minimum Gasteiger partial charge on any atom is -0.350 e. The molecule has 2 atom stereocenters. The highest BCUT2D eigenvalue weighted by molar-refractivity contribution is 5.77. The van der Waals surface area contributed by atoms with E-state index < -0.39 is 0 Å². The molecule has 0 spiro atoms. The van der Waals surface area contributed by atoms with Gasteiger partial charge in [-0.05, 0) is 32.9 Å². The second-order valence-corrected chi connectivity index (χ2v) is 4.86. The monoisotopic (exact) mass is 248 g/mol. The van der Waals surface area contributed by atoms with Crippen LogP contribution in [0.2, 0.25) is 0 Å². The second-order valence-electron chi connectivity index (χ2n) is 4.86. The summed E-state index contributed by atoms with van der Waals surface area (Å²) in [7, 11) is 0. The van der Waals surface area contributed by atoms with Crippen LogP contribution in [0.5, 0.6) is 0 Å². The Morgan fingerprint density at radius 3 is 2.39 bits per heavy atom. The minimum atomic E-state index is 0.0620. The summed E-state index contributed by atoms with van der Waals surface area (Å²) in [6, 6.07) is 8.55. The van der Waals surface area contributed by atoms with E-state index >= 15 is 0 Å². The van der Waals surface area contributed by atoms with Gasteiger partial charge in [-0.15, -0.1) is 0 Å². The van der Waals surface area contributed by atoms with Gasteiger partial charge in [-0.1, -0.05) is 36.8 Å². The van der Waals surface area contributed by atoms with E-state index in [4.69, 9.17) is 0 Å². The van der Waals surface area contributed by atoms with Gasteiger partial charge in [-0.2, -0.15) is 0 Å². The van der Waals surface area contributed by atoms with Crippen molar-refractivity contribution in [2.24, 2.45) is 0 Å². The van der Waals surface area contributed by atoms with Crippen molar-refractivity contribution in [1.82, 2.24) is 10.6 Å². The summed E-state index contributed by atoms with van der Waals surface area (Å²) in [6.07, 6.45) is 0.518. The summed E-state index contributed by atoms with van der Waals surface area (Å²) < 4.78 is 0. The Morgan fingerprint density at radius 1 is 1.22 bits per heavy atom. The summed E-state index contributed by atoms with van der Waals surface area (Å²) in [5.74, 6) is 0.0940. The van der Waals surface area contributed by atoms with E-state index in [9.17, 15) is 4.79 Å². The lowest BCUT2D eigenvalue weighted by atomic mass is 10.1. The van der Waals surface area contributed by atoms with Gasteiger partial charge in [0, 0.05) is 12.5 Å². The lowest BCUT2D eigenvalue weighted by Gasteiger charge is -2.17. The van der Waals surface area contributed by atoms with E-state index in [-0.39, 0.29) is 18.0 Å². The van der Waals surface area contributed by atoms with Crippen LogP contribution in [-0.2, 0) is 4.79 Å². The first-order valence-electron chi connectivity index (χ1n) is 6.62. The topological polar surface area (TPSA) is 41.1 Å². The van der Waals surface area contributed by atoms with Gasteiger partial charge in [0.2, 0.25) is 5.91 Å². The molecule has 0 bridgehead atoms. The smallest absolute Gasteiger partial charge is 0.222 e. The molecular weight excluding hydrogens is 224 g/mol. The summed E-state index contributed by atoms with van der Waals surface area (Å²) in [6.45, 7) is 9.04. The fourth-order valence-corrected chi connectivity index (χ4v) is 1.94. The average Bonchev–Trinajstić information content (AvgIpc) is 2.29. The number of benzene rings is 1. The number of carbonyl (C=O) groups is 1. The fraction of sp³-hybridized carbons (Fsp3) is 0.533. The van der Waals surface area contributed by atoms with E-state index in [2.05, 4.69) is 41.8 Å². The van der Waals surface area contributed by atoms with Crippen molar-refractivity contribution in [2.45, 2.75) is 46.2 Å². The molecule has 2 unspecified atom stereocenters. The van der Waals surface area contributed by atoms with Gasteiger partial charge < -0.3 is 10.6 Å². The molecule has 1 rings (SSSR count). The zero-order valence-corrected chi connectivity index (χ0v) is 11.8. The van der Waals surface area contributed by atoms with Crippen molar-refractivity contribution >= 4 is 5.91 Å². The second kappa shape index (κ2) is 7.17. The number of rotatable bonds is 6. The normalized spacial score (nSPS) is 14.0. The molecule has 18 heavy (non-hydrogen) atoms. The molecule has 3 nitrogen and oxygen atoms in total. The third kappa shape index (κ3) is 4.88. The molecule has 0 aliphatic rings. The number of nitrogens with one attached hydrogen (secondary N) is 2. The highest BCUT2D eigenvalue weighted by Crippen LogP contribution is 2.13. The van der Waals surface area contributed by atoms with Gasteiger partial charge in [0.25, 0.3) is 0 Å². The van der Waals surface area contributed by atoms with Gasteiger partial charge >= 0.3 is 0 Å². The summed E-state index contributed by atoms with van der Waals surface area (Å²) in [5.41, 5.74) is 2.38. The van der Waals surface area contributed by atoms with Crippen molar-refractivity contribution in [3.8, 4) is 0 Å². The first-order valence-corrected chi connectivity index (χ1v) is 6.62. The van der Waals surface area contributed by atoms with Crippen LogP contribution in [0.4, 0.5) is 0 Å². The molecule has 1 amide bonds. The maximum absolute atomic E-state index is 11.8. The van der Waals surface area contributed by atoms with E-state index in [1.165, 1.54) is 5.56 Å². The predicted octanol–water partition coefficient (Wildman–Crippen LogP) is 2.56. The van der Waals surface area contributed by atoms with E-state index in [0.717, 1.165) is 12.1 Å². The molecule has 1 aromatic carbocycles. The number of carbonyl (C=O) groups excluding carboxylic acids is 1. The Balaban J connectivity index is 2.46. The van der Waals surface area contributed by atoms with Crippen LogP contribution in [0.3, 0.4) is 0 Å². The molecule has 0 aromatic heterocycles.